The summed E-state index contributed by atoms with van der Waals surface area (Å²) in [4.78, 5) is 6.90. The van der Waals surface area contributed by atoms with Crippen LogP contribution in [-0.2, 0) is 6.54 Å². The maximum absolute atomic E-state index is 5.83. The van der Waals surface area contributed by atoms with E-state index in [1.165, 1.54) is 5.56 Å². The van der Waals surface area contributed by atoms with Crippen molar-refractivity contribution in [2.24, 2.45) is 0 Å². The van der Waals surface area contributed by atoms with Gasteiger partial charge in [-0.05, 0) is 66.3 Å². The highest BCUT2D eigenvalue weighted by Gasteiger charge is 2.41. The summed E-state index contributed by atoms with van der Waals surface area (Å²) in [7, 11) is 1.68. The third-order valence-electron chi connectivity index (χ3n) is 5.83. The Bertz CT molecular complexity index is 1190. The minimum absolute atomic E-state index is 0.0188. The number of para-hydroxylation sites is 1. The van der Waals surface area contributed by atoms with Gasteiger partial charge >= 0.3 is 0 Å². The molecule has 6 heteroatoms. The van der Waals surface area contributed by atoms with Crippen molar-refractivity contribution in [3.8, 4) is 11.4 Å². The third-order valence-corrected chi connectivity index (χ3v) is 6.18. The lowest BCUT2D eigenvalue weighted by Gasteiger charge is -2.29. The zero-order chi connectivity index (χ0) is 21.9. The highest BCUT2D eigenvalue weighted by Crippen LogP contribution is 2.40. The van der Waals surface area contributed by atoms with Crippen LogP contribution in [0.5, 0.6) is 5.75 Å². The number of pyridine rings is 1. The van der Waals surface area contributed by atoms with Gasteiger partial charge in [0.05, 0.1) is 24.9 Å². The van der Waals surface area contributed by atoms with Crippen molar-refractivity contribution < 1.29 is 4.74 Å². The van der Waals surface area contributed by atoms with Crippen LogP contribution in [0, 0.1) is 0 Å². The van der Waals surface area contributed by atoms with Crippen molar-refractivity contribution in [3.05, 3.63) is 114 Å². The van der Waals surface area contributed by atoms with Gasteiger partial charge in [0.1, 0.15) is 5.75 Å². The number of nitrogens with one attached hydrogen (secondary N) is 1. The topological polar surface area (TPSA) is 42.3 Å². The molecule has 0 amide bonds. The molecule has 2 atom stereocenters. The van der Waals surface area contributed by atoms with E-state index in [0.29, 0.717) is 6.54 Å². The molecule has 3 heterocycles. The quantitative estimate of drug-likeness (QED) is 0.425. The van der Waals surface area contributed by atoms with E-state index >= 15 is 0 Å². The summed E-state index contributed by atoms with van der Waals surface area (Å²) in [5.41, 5.74) is 4.42. The highest BCUT2D eigenvalue weighted by molar-refractivity contribution is 7.80. The Morgan fingerprint density at radius 3 is 2.44 bits per heavy atom. The van der Waals surface area contributed by atoms with Crippen molar-refractivity contribution in [1.29, 1.82) is 0 Å². The summed E-state index contributed by atoms with van der Waals surface area (Å²) in [6.45, 7) is 0.684. The number of aromatic nitrogens is 2. The molecule has 2 aromatic heterocycles. The predicted octanol–water partition coefficient (Wildman–Crippen LogP) is 5.05. The molecule has 5 nitrogen and oxygen atoms in total. The lowest BCUT2D eigenvalue weighted by atomic mass is 10.0. The smallest absolute Gasteiger partial charge is 0.170 e. The van der Waals surface area contributed by atoms with Gasteiger partial charge in [0.2, 0.25) is 0 Å². The molecule has 0 saturated carbocycles. The largest absolute Gasteiger partial charge is 0.497 e. The molecular formula is C26H24N4OS. The molecule has 0 aliphatic carbocycles. The van der Waals surface area contributed by atoms with E-state index in [1.807, 2.05) is 36.5 Å². The number of nitrogens with zero attached hydrogens (tertiary/aromatic N) is 3. The summed E-state index contributed by atoms with van der Waals surface area (Å²) in [5, 5.41) is 4.26. The second-order valence-corrected chi connectivity index (χ2v) is 8.13. The predicted molar refractivity (Wildman–Crippen MR) is 130 cm³/mol. The van der Waals surface area contributed by atoms with Crippen molar-refractivity contribution in [1.82, 2.24) is 19.8 Å². The summed E-state index contributed by atoms with van der Waals surface area (Å²) >= 11 is 5.83. The second-order valence-electron chi connectivity index (χ2n) is 7.74. The van der Waals surface area contributed by atoms with Gasteiger partial charge in [-0.25, -0.2) is 0 Å². The fourth-order valence-electron chi connectivity index (χ4n) is 4.28. The standard InChI is InChI=1S/C26H24N4OS/c1-31-21-14-12-19(13-15-21)18-30-25(24(28-26(30)32)22-10-5-6-16-27-22)23-11-7-17-29(23)20-8-3-2-4-9-20/h2-17,24-25H,18H2,1H3,(H,28,32)/t24-,25+/m0/s1. The van der Waals surface area contributed by atoms with Crippen molar-refractivity contribution >= 4 is 17.3 Å². The molecule has 0 radical (unpaired) electrons. The summed E-state index contributed by atoms with van der Waals surface area (Å²) in [5.74, 6) is 0.844. The van der Waals surface area contributed by atoms with Gasteiger partial charge in [-0.1, -0.05) is 36.4 Å². The normalized spacial score (nSPS) is 17.9. The molecule has 1 aliphatic heterocycles. The van der Waals surface area contributed by atoms with Gasteiger partial charge in [0.25, 0.3) is 0 Å². The van der Waals surface area contributed by atoms with E-state index in [1.54, 1.807) is 7.11 Å². The maximum atomic E-state index is 5.83. The number of methoxy groups -OCH3 is 1. The average Bonchev–Trinajstić information content (AvgIpc) is 3.45. The molecule has 5 rings (SSSR count). The van der Waals surface area contributed by atoms with E-state index in [2.05, 4.69) is 80.6 Å². The van der Waals surface area contributed by atoms with E-state index in [4.69, 9.17) is 17.0 Å². The lowest BCUT2D eigenvalue weighted by Crippen LogP contribution is -2.30. The van der Waals surface area contributed by atoms with Crippen LogP contribution in [-0.4, -0.2) is 26.7 Å². The summed E-state index contributed by atoms with van der Waals surface area (Å²) < 4.78 is 7.55. The van der Waals surface area contributed by atoms with Gasteiger partial charge in [0.15, 0.2) is 5.11 Å². The molecular weight excluding hydrogens is 416 g/mol. The van der Waals surface area contributed by atoms with Crippen LogP contribution in [0.1, 0.15) is 29.0 Å². The molecule has 1 fully saturated rings. The molecule has 2 aromatic carbocycles. The van der Waals surface area contributed by atoms with Crippen molar-refractivity contribution in [3.63, 3.8) is 0 Å². The molecule has 1 aliphatic rings. The van der Waals surface area contributed by atoms with Crippen LogP contribution in [0.3, 0.4) is 0 Å². The first-order chi connectivity index (χ1) is 15.7. The zero-order valence-corrected chi connectivity index (χ0v) is 18.6. The zero-order valence-electron chi connectivity index (χ0n) is 17.8. The van der Waals surface area contributed by atoms with Crippen molar-refractivity contribution in [2.75, 3.05) is 7.11 Å². The third kappa shape index (κ3) is 3.85. The number of ether oxygens (including phenoxy) is 1. The first-order valence-electron chi connectivity index (χ1n) is 10.6. The number of thiocarbonyl (C=S) groups is 1. The molecule has 0 bridgehead atoms. The Balaban J connectivity index is 1.57. The Morgan fingerprint density at radius 2 is 1.72 bits per heavy atom. The molecule has 32 heavy (non-hydrogen) atoms. The number of benzene rings is 2. The fraction of sp³-hybridized carbons (Fsp3) is 0.154. The van der Waals surface area contributed by atoms with Gasteiger partial charge in [0, 0.05) is 30.3 Å². The Morgan fingerprint density at radius 1 is 0.938 bits per heavy atom. The van der Waals surface area contributed by atoms with E-state index in [0.717, 1.165) is 27.9 Å². The molecule has 4 aromatic rings. The highest BCUT2D eigenvalue weighted by atomic mass is 32.1. The lowest BCUT2D eigenvalue weighted by molar-refractivity contribution is 0.302. The van der Waals surface area contributed by atoms with Gasteiger partial charge < -0.3 is 19.5 Å². The van der Waals surface area contributed by atoms with Crippen molar-refractivity contribution in [2.45, 2.75) is 18.6 Å². The van der Waals surface area contributed by atoms with Crippen LogP contribution in [0.2, 0.25) is 0 Å². The number of hydrogen-bond donors (Lipinski definition) is 1. The van der Waals surface area contributed by atoms with Crippen LogP contribution >= 0.6 is 12.2 Å². The molecule has 0 spiro atoms. The van der Waals surface area contributed by atoms with Gasteiger partial charge in [-0.15, -0.1) is 0 Å². The van der Waals surface area contributed by atoms with Crippen LogP contribution < -0.4 is 10.1 Å². The minimum atomic E-state index is -0.0562. The second kappa shape index (κ2) is 8.85. The van der Waals surface area contributed by atoms with Crippen LogP contribution in [0.15, 0.2) is 97.3 Å². The minimum Gasteiger partial charge on any atom is -0.497 e. The van der Waals surface area contributed by atoms with E-state index in [-0.39, 0.29) is 12.1 Å². The average molecular weight is 441 g/mol. The Labute approximate surface area is 193 Å². The summed E-state index contributed by atoms with van der Waals surface area (Å²) in [6, 6.07) is 28.7. The monoisotopic (exact) mass is 440 g/mol. The molecule has 1 N–H and O–H groups in total. The van der Waals surface area contributed by atoms with Gasteiger partial charge in [-0.2, -0.15) is 0 Å². The van der Waals surface area contributed by atoms with Gasteiger partial charge in [-0.3, -0.25) is 4.98 Å². The first-order valence-corrected chi connectivity index (χ1v) is 11.0. The SMILES string of the molecule is COc1ccc(CN2C(=S)N[C@@H](c3ccccn3)[C@H]2c2cccn2-c2ccccc2)cc1. The number of hydrogen-bond acceptors (Lipinski definition) is 3. The Kier molecular flexibility index (Phi) is 5.60. The molecule has 160 valence electrons. The number of rotatable bonds is 6. The van der Waals surface area contributed by atoms with Crippen LogP contribution in [0.4, 0.5) is 0 Å². The first kappa shape index (κ1) is 20.3. The molecule has 0 unspecified atom stereocenters. The molecule has 1 saturated heterocycles. The van der Waals surface area contributed by atoms with E-state index in [9.17, 15) is 0 Å². The van der Waals surface area contributed by atoms with Crippen LogP contribution in [0.25, 0.3) is 5.69 Å². The Hall–Kier alpha value is -3.64. The maximum Gasteiger partial charge on any atom is 0.170 e. The fourth-order valence-corrected chi connectivity index (χ4v) is 4.59. The van der Waals surface area contributed by atoms with E-state index < -0.39 is 0 Å². The summed E-state index contributed by atoms with van der Waals surface area (Å²) in [6.07, 6.45) is 3.94.